The molecule has 3 rings (SSSR count). The SMILES string of the molecule is BrCc1ccc2[nH]c3ccccc3c2c1. The number of hydrogen-bond donors (Lipinski definition) is 1. The number of nitrogens with one attached hydrogen (secondary N) is 1. The van der Waals surface area contributed by atoms with Gasteiger partial charge in [0.15, 0.2) is 0 Å². The van der Waals surface area contributed by atoms with E-state index in [0.717, 1.165) is 5.33 Å². The highest BCUT2D eigenvalue weighted by Gasteiger charge is 2.03. The molecule has 2 aromatic carbocycles. The Labute approximate surface area is 96.2 Å². The van der Waals surface area contributed by atoms with Crippen molar-refractivity contribution in [3.8, 4) is 0 Å². The summed E-state index contributed by atoms with van der Waals surface area (Å²) in [4.78, 5) is 3.41. The molecule has 0 aliphatic heterocycles. The summed E-state index contributed by atoms with van der Waals surface area (Å²) in [6.45, 7) is 0. The molecule has 3 aromatic rings. The zero-order valence-electron chi connectivity index (χ0n) is 8.13. The summed E-state index contributed by atoms with van der Waals surface area (Å²) >= 11 is 3.49. The number of aromatic amines is 1. The molecule has 0 aliphatic carbocycles. The Balaban J connectivity index is 2.46. The fourth-order valence-corrected chi connectivity index (χ4v) is 2.33. The Hall–Kier alpha value is -1.28. The Morgan fingerprint density at radius 3 is 2.60 bits per heavy atom. The van der Waals surface area contributed by atoms with Crippen LogP contribution < -0.4 is 0 Å². The maximum Gasteiger partial charge on any atom is 0.0465 e. The van der Waals surface area contributed by atoms with Crippen molar-refractivity contribution < 1.29 is 0 Å². The minimum Gasteiger partial charge on any atom is -0.355 e. The number of alkyl halides is 1. The van der Waals surface area contributed by atoms with Gasteiger partial charge in [-0.3, -0.25) is 0 Å². The molecule has 0 bridgehead atoms. The van der Waals surface area contributed by atoms with Crippen molar-refractivity contribution in [2.45, 2.75) is 5.33 Å². The zero-order chi connectivity index (χ0) is 10.3. The number of hydrogen-bond acceptors (Lipinski definition) is 0. The van der Waals surface area contributed by atoms with Crippen LogP contribution in [-0.4, -0.2) is 4.98 Å². The summed E-state index contributed by atoms with van der Waals surface area (Å²) in [5.74, 6) is 0. The van der Waals surface area contributed by atoms with E-state index in [2.05, 4.69) is 63.4 Å². The Morgan fingerprint density at radius 1 is 0.933 bits per heavy atom. The van der Waals surface area contributed by atoms with Crippen LogP contribution in [0.3, 0.4) is 0 Å². The number of benzene rings is 2. The van der Waals surface area contributed by atoms with E-state index in [4.69, 9.17) is 0 Å². The predicted octanol–water partition coefficient (Wildman–Crippen LogP) is 4.22. The van der Waals surface area contributed by atoms with E-state index in [1.807, 2.05) is 0 Å². The average molecular weight is 260 g/mol. The maximum absolute atomic E-state index is 3.49. The first-order valence-corrected chi connectivity index (χ1v) is 6.06. The van der Waals surface area contributed by atoms with E-state index in [1.165, 1.54) is 27.4 Å². The third kappa shape index (κ3) is 1.37. The van der Waals surface area contributed by atoms with Crippen molar-refractivity contribution in [3.63, 3.8) is 0 Å². The van der Waals surface area contributed by atoms with Crippen LogP contribution >= 0.6 is 15.9 Å². The molecule has 0 amide bonds. The Kier molecular flexibility index (Phi) is 2.03. The second-order valence-electron chi connectivity index (χ2n) is 3.68. The minimum atomic E-state index is 0.905. The van der Waals surface area contributed by atoms with Crippen LogP contribution in [-0.2, 0) is 5.33 Å². The lowest BCUT2D eigenvalue weighted by atomic mass is 10.1. The Morgan fingerprint density at radius 2 is 1.73 bits per heavy atom. The lowest BCUT2D eigenvalue weighted by Gasteiger charge is -1.95. The van der Waals surface area contributed by atoms with Crippen LogP contribution in [0.15, 0.2) is 42.5 Å². The first-order valence-electron chi connectivity index (χ1n) is 4.94. The highest BCUT2D eigenvalue weighted by Crippen LogP contribution is 2.26. The van der Waals surface area contributed by atoms with Crippen molar-refractivity contribution in [2.24, 2.45) is 0 Å². The molecule has 0 spiro atoms. The van der Waals surface area contributed by atoms with E-state index in [9.17, 15) is 0 Å². The average Bonchev–Trinajstić information content (AvgIpc) is 2.66. The van der Waals surface area contributed by atoms with Gasteiger partial charge in [0, 0.05) is 27.1 Å². The van der Waals surface area contributed by atoms with Gasteiger partial charge in [0.25, 0.3) is 0 Å². The molecular weight excluding hydrogens is 250 g/mol. The first-order chi connectivity index (χ1) is 7.38. The maximum atomic E-state index is 3.49. The molecule has 1 aromatic heterocycles. The van der Waals surface area contributed by atoms with Crippen molar-refractivity contribution in [3.05, 3.63) is 48.0 Å². The summed E-state index contributed by atoms with van der Waals surface area (Å²) < 4.78 is 0. The molecule has 74 valence electrons. The molecule has 1 nitrogen and oxygen atoms in total. The Bertz CT molecular complexity index is 625. The third-order valence-electron chi connectivity index (χ3n) is 2.72. The van der Waals surface area contributed by atoms with Crippen molar-refractivity contribution in [1.82, 2.24) is 4.98 Å². The smallest absolute Gasteiger partial charge is 0.0465 e. The number of H-pyrrole nitrogens is 1. The largest absolute Gasteiger partial charge is 0.355 e. The van der Waals surface area contributed by atoms with Gasteiger partial charge in [0.1, 0.15) is 0 Å². The van der Waals surface area contributed by atoms with Crippen LogP contribution in [0.25, 0.3) is 21.8 Å². The first kappa shape index (κ1) is 8.98. The van der Waals surface area contributed by atoms with Crippen LogP contribution in [0, 0.1) is 0 Å². The number of rotatable bonds is 1. The van der Waals surface area contributed by atoms with E-state index < -0.39 is 0 Å². The van der Waals surface area contributed by atoms with Gasteiger partial charge in [0.05, 0.1) is 0 Å². The summed E-state index contributed by atoms with van der Waals surface area (Å²) in [5.41, 5.74) is 3.73. The number of para-hydroxylation sites is 1. The van der Waals surface area contributed by atoms with Crippen LogP contribution in [0.4, 0.5) is 0 Å². The number of fused-ring (bicyclic) bond motifs is 3. The molecule has 0 saturated carbocycles. The highest BCUT2D eigenvalue weighted by molar-refractivity contribution is 9.08. The predicted molar refractivity (Wildman–Crippen MR) is 68.4 cm³/mol. The molecule has 0 saturated heterocycles. The molecule has 0 atom stereocenters. The topological polar surface area (TPSA) is 15.8 Å². The van der Waals surface area contributed by atoms with Gasteiger partial charge in [-0.15, -0.1) is 0 Å². The second kappa shape index (κ2) is 3.38. The van der Waals surface area contributed by atoms with E-state index >= 15 is 0 Å². The van der Waals surface area contributed by atoms with Gasteiger partial charge in [-0.1, -0.05) is 40.2 Å². The standard InChI is InChI=1S/C13H10BrN/c14-8-9-5-6-13-11(7-9)10-3-1-2-4-12(10)15-13/h1-7,15H,8H2. The summed E-state index contributed by atoms with van der Waals surface area (Å²) in [7, 11) is 0. The fraction of sp³-hybridized carbons (Fsp3) is 0.0769. The second-order valence-corrected chi connectivity index (χ2v) is 4.24. The van der Waals surface area contributed by atoms with Crippen molar-refractivity contribution in [1.29, 1.82) is 0 Å². The van der Waals surface area contributed by atoms with Crippen LogP contribution in [0.2, 0.25) is 0 Å². The van der Waals surface area contributed by atoms with Gasteiger partial charge in [-0.2, -0.15) is 0 Å². The molecule has 0 unspecified atom stereocenters. The lowest BCUT2D eigenvalue weighted by molar-refractivity contribution is 1.45. The minimum absolute atomic E-state index is 0.905. The number of halogens is 1. The van der Waals surface area contributed by atoms with Gasteiger partial charge in [0.2, 0.25) is 0 Å². The van der Waals surface area contributed by atoms with Gasteiger partial charge in [-0.25, -0.2) is 0 Å². The van der Waals surface area contributed by atoms with Gasteiger partial charge >= 0.3 is 0 Å². The summed E-state index contributed by atoms with van der Waals surface area (Å²) in [6.07, 6.45) is 0. The lowest BCUT2D eigenvalue weighted by Crippen LogP contribution is -1.75. The van der Waals surface area contributed by atoms with Gasteiger partial charge in [-0.05, 0) is 23.8 Å². The monoisotopic (exact) mass is 259 g/mol. The molecule has 0 fully saturated rings. The normalized spacial score (nSPS) is 11.3. The summed E-state index contributed by atoms with van der Waals surface area (Å²) in [6, 6.07) is 14.9. The molecule has 15 heavy (non-hydrogen) atoms. The summed E-state index contributed by atoms with van der Waals surface area (Å²) in [5, 5.41) is 3.51. The van der Waals surface area contributed by atoms with Crippen molar-refractivity contribution >= 4 is 37.7 Å². The quantitative estimate of drug-likeness (QED) is 0.630. The molecule has 1 heterocycles. The van der Waals surface area contributed by atoms with Crippen molar-refractivity contribution in [2.75, 3.05) is 0 Å². The third-order valence-corrected chi connectivity index (χ3v) is 3.37. The molecular formula is C13H10BrN. The number of aromatic nitrogens is 1. The molecule has 1 N–H and O–H groups in total. The van der Waals surface area contributed by atoms with Crippen LogP contribution in [0.1, 0.15) is 5.56 Å². The zero-order valence-corrected chi connectivity index (χ0v) is 9.71. The molecule has 0 aliphatic rings. The fourth-order valence-electron chi connectivity index (χ4n) is 1.98. The van der Waals surface area contributed by atoms with E-state index in [1.54, 1.807) is 0 Å². The van der Waals surface area contributed by atoms with E-state index in [-0.39, 0.29) is 0 Å². The van der Waals surface area contributed by atoms with E-state index in [0.29, 0.717) is 0 Å². The molecule has 0 radical (unpaired) electrons. The van der Waals surface area contributed by atoms with Crippen LogP contribution in [0.5, 0.6) is 0 Å². The van der Waals surface area contributed by atoms with Gasteiger partial charge < -0.3 is 4.98 Å². The highest BCUT2D eigenvalue weighted by atomic mass is 79.9. The molecule has 2 heteroatoms.